The molecule has 2 heteroatoms. The van der Waals surface area contributed by atoms with Crippen molar-refractivity contribution in [3.05, 3.63) is 34.9 Å². The van der Waals surface area contributed by atoms with E-state index in [0.717, 1.165) is 5.02 Å². The molecular weight excluding hydrogens is 242 g/mol. The average molecular weight is 268 g/mol. The lowest BCUT2D eigenvalue weighted by Crippen LogP contribution is -2.33. The molecule has 1 nitrogen and oxygen atoms in total. The first-order chi connectivity index (χ1) is 8.54. The molecule has 0 saturated carbocycles. The molecule has 2 atom stereocenters. The van der Waals surface area contributed by atoms with Crippen LogP contribution < -0.4 is 5.32 Å². The van der Waals surface area contributed by atoms with Crippen molar-refractivity contribution in [3.63, 3.8) is 0 Å². The van der Waals surface area contributed by atoms with Gasteiger partial charge in [-0.3, -0.25) is 0 Å². The lowest BCUT2D eigenvalue weighted by atomic mass is 9.94. The van der Waals surface area contributed by atoms with Crippen LogP contribution in [0.25, 0.3) is 0 Å². The molecule has 18 heavy (non-hydrogen) atoms. The van der Waals surface area contributed by atoms with Crippen LogP contribution in [0.5, 0.6) is 0 Å². The molecule has 0 aromatic heterocycles. The van der Waals surface area contributed by atoms with Crippen LogP contribution >= 0.6 is 11.6 Å². The Morgan fingerprint density at radius 1 is 1.11 bits per heavy atom. The lowest BCUT2D eigenvalue weighted by Gasteiger charge is -2.27. The van der Waals surface area contributed by atoms with E-state index in [9.17, 15) is 0 Å². The second-order valence-corrected chi connectivity index (χ2v) is 5.92. The highest BCUT2D eigenvalue weighted by atomic mass is 35.5. The minimum atomic E-state index is 0.411. The molecule has 0 bridgehead atoms. The van der Waals surface area contributed by atoms with Gasteiger partial charge < -0.3 is 5.32 Å². The van der Waals surface area contributed by atoms with Gasteiger partial charge in [-0.25, -0.2) is 0 Å². The third kappa shape index (κ3) is 4.99. The van der Waals surface area contributed by atoms with Crippen molar-refractivity contribution < 1.29 is 0 Å². The fourth-order valence-corrected chi connectivity index (χ4v) is 2.37. The van der Waals surface area contributed by atoms with Gasteiger partial charge in [0.25, 0.3) is 0 Å². The minimum absolute atomic E-state index is 0.411. The summed E-state index contributed by atoms with van der Waals surface area (Å²) in [6, 6.07) is 9.19. The Kier molecular flexibility index (Phi) is 6.73. The number of rotatable bonds is 7. The molecule has 0 saturated heterocycles. The fraction of sp³-hybridized carbons (Fsp3) is 0.625. The lowest BCUT2D eigenvalue weighted by molar-refractivity contribution is 0.355. The molecule has 0 heterocycles. The maximum absolute atomic E-state index is 5.95. The zero-order valence-electron chi connectivity index (χ0n) is 12.0. The molecule has 0 radical (unpaired) electrons. The van der Waals surface area contributed by atoms with E-state index in [-0.39, 0.29) is 0 Å². The van der Waals surface area contributed by atoms with Gasteiger partial charge in [-0.1, -0.05) is 57.3 Å². The number of benzene rings is 1. The first-order valence-corrected chi connectivity index (χ1v) is 7.44. The SMILES string of the molecule is CCCCC(C)NC(c1ccc(Cl)cc1)C(C)C. The number of hydrogen-bond acceptors (Lipinski definition) is 1. The Hall–Kier alpha value is -0.530. The first kappa shape index (κ1) is 15.5. The molecule has 1 N–H and O–H groups in total. The largest absolute Gasteiger partial charge is 0.307 e. The van der Waals surface area contributed by atoms with Gasteiger partial charge in [0, 0.05) is 17.1 Å². The highest BCUT2D eigenvalue weighted by Gasteiger charge is 2.17. The highest BCUT2D eigenvalue weighted by molar-refractivity contribution is 6.30. The van der Waals surface area contributed by atoms with E-state index in [4.69, 9.17) is 11.6 Å². The summed E-state index contributed by atoms with van der Waals surface area (Å²) >= 11 is 5.95. The van der Waals surface area contributed by atoms with Crippen LogP contribution in [-0.2, 0) is 0 Å². The van der Waals surface area contributed by atoms with E-state index >= 15 is 0 Å². The third-order valence-electron chi connectivity index (χ3n) is 3.35. The van der Waals surface area contributed by atoms with Gasteiger partial charge in [0.1, 0.15) is 0 Å². The monoisotopic (exact) mass is 267 g/mol. The Bertz CT molecular complexity index is 331. The second-order valence-electron chi connectivity index (χ2n) is 5.48. The Morgan fingerprint density at radius 3 is 2.22 bits per heavy atom. The van der Waals surface area contributed by atoms with Gasteiger partial charge in [0.2, 0.25) is 0 Å². The van der Waals surface area contributed by atoms with E-state index < -0.39 is 0 Å². The number of nitrogens with one attached hydrogen (secondary N) is 1. The molecule has 0 aliphatic rings. The smallest absolute Gasteiger partial charge is 0.0406 e. The molecule has 0 fully saturated rings. The molecule has 102 valence electrons. The van der Waals surface area contributed by atoms with Crippen LogP contribution in [0.4, 0.5) is 0 Å². The zero-order valence-corrected chi connectivity index (χ0v) is 12.8. The molecule has 0 aliphatic carbocycles. The Labute approximate surface area is 117 Å². The molecule has 1 aromatic carbocycles. The van der Waals surface area contributed by atoms with Crippen LogP contribution in [0, 0.1) is 5.92 Å². The van der Waals surface area contributed by atoms with Crippen molar-refractivity contribution >= 4 is 11.6 Å². The van der Waals surface area contributed by atoms with Gasteiger partial charge >= 0.3 is 0 Å². The molecule has 0 amide bonds. The van der Waals surface area contributed by atoms with Crippen molar-refractivity contribution in [2.24, 2.45) is 5.92 Å². The minimum Gasteiger partial charge on any atom is -0.307 e. The maximum Gasteiger partial charge on any atom is 0.0406 e. The third-order valence-corrected chi connectivity index (χ3v) is 3.60. The topological polar surface area (TPSA) is 12.0 Å². The predicted molar refractivity (Wildman–Crippen MR) is 81.2 cm³/mol. The zero-order chi connectivity index (χ0) is 13.5. The summed E-state index contributed by atoms with van der Waals surface area (Å²) < 4.78 is 0. The first-order valence-electron chi connectivity index (χ1n) is 7.06. The van der Waals surface area contributed by atoms with Gasteiger partial charge in [-0.2, -0.15) is 0 Å². The van der Waals surface area contributed by atoms with Crippen LogP contribution in [0.15, 0.2) is 24.3 Å². The standard InChI is InChI=1S/C16H26ClN/c1-5-6-7-13(4)18-16(12(2)3)14-8-10-15(17)11-9-14/h8-13,16,18H,5-7H2,1-4H3. The highest BCUT2D eigenvalue weighted by Crippen LogP contribution is 2.24. The van der Waals surface area contributed by atoms with Crippen molar-refractivity contribution in [2.75, 3.05) is 0 Å². The van der Waals surface area contributed by atoms with E-state index in [1.165, 1.54) is 24.8 Å². The van der Waals surface area contributed by atoms with Crippen molar-refractivity contribution in [1.82, 2.24) is 5.32 Å². The normalized spacial score (nSPS) is 14.8. The summed E-state index contributed by atoms with van der Waals surface area (Å²) in [4.78, 5) is 0. The number of halogens is 1. The fourth-order valence-electron chi connectivity index (χ4n) is 2.24. The molecule has 0 spiro atoms. The summed E-state index contributed by atoms with van der Waals surface area (Å²) in [6.07, 6.45) is 3.80. The Morgan fingerprint density at radius 2 is 1.72 bits per heavy atom. The van der Waals surface area contributed by atoms with Crippen molar-refractivity contribution in [1.29, 1.82) is 0 Å². The van der Waals surface area contributed by atoms with Crippen LogP contribution in [0.2, 0.25) is 5.02 Å². The molecule has 1 aromatic rings. The Balaban J connectivity index is 2.68. The van der Waals surface area contributed by atoms with Crippen LogP contribution in [0.3, 0.4) is 0 Å². The van der Waals surface area contributed by atoms with Gasteiger partial charge in [0.05, 0.1) is 0 Å². The van der Waals surface area contributed by atoms with Crippen molar-refractivity contribution in [3.8, 4) is 0 Å². The molecule has 2 unspecified atom stereocenters. The van der Waals surface area contributed by atoms with Crippen molar-refractivity contribution in [2.45, 2.75) is 59.0 Å². The number of hydrogen-bond donors (Lipinski definition) is 1. The molecular formula is C16H26ClN. The van der Waals surface area contributed by atoms with Gasteiger partial charge in [-0.05, 0) is 37.0 Å². The van der Waals surface area contributed by atoms with Crippen LogP contribution in [0.1, 0.15) is 58.6 Å². The van der Waals surface area contributed by atoms with E-state index in [0.29, 0.717) is 18.0 Å². The van der Waals surface area contributed by atoms with Crippen LogP contribution in [-0.4, -0.2) is 6.04 Å². The summed E-state index contributed by atoms with van der Waals surface area (Å²) in [7, 11) is 0. The summed E-state index contributed by atoms with van der Waals surface area (Å²) in [5.41, 5.74) is 1.33. The second kappa shape index (κ2) is 7.81. The van der Waals surface area contributed by atoms with E-state index in [1.807, 2.05) is 12.1 Å². The van der Waals surface area contributed by atoms with E-state index in [2.05, 4.69) is 45.1 Å². The average Bonchev–Trinajstić information content (AvgIpc) is 2.34. The molecule has 0 aliphatic heterocycles. The summed E-state index contributed by atoms with van der Waals surface area (Å²) in [6.45, 7) is 9.05. The summed E-state index contributed by atoms with van der Waals surface area (Å²) in [5.74, 6) is 0.579. The number of unbranched alkanes of at least 4 members (excludes halogenated alkanes) is 1. The quantitative estimate of drug-likeness (QED) is 0.715. The van der Waals surface area contributed by atoms with Gasteiger partial charge in [-0.15, -0.1) is 0 Å². The maximum atomic E-state index is 5.95. The van der Waals surface area contributed by atoms with Gasteiger partial charge in [0.15, 0.2) is 0 Å². The predicted octanol–water partition coefficient (Wildman–Crippen LogP) is 5.21. The molecule has 1 rings (SSSR count). The summed E-state index contributed by atoms with van der Waals surface area (Å²) in [5, 5.41) is 4.55. The van der Waals surface area contributed by atoms with E-state index in [1.54, 1.807) is 0 Å².